The minimum atomic E-state index is -0.303. The van der Waals surface area contributed by atoms with Gasteiger partial charge in [-0.05, 0) is 66.2 Å². The van der Waals surface area contributed by atoms with E-state index < -0.39 is 0 Å². The third kappa shape index (κ3) is 6.68. The van der Waals surface area contributed by atoms with Crippen molar-refractivity contribution >= 4 is 39.6 Å². The number of hydrogen-bond acceptors (Lipinski definition) is 5. The molecule has 0 spiro atoms. The molecule has 0 unspecified atom stereocenters. The minimum absolute atomic E-state index is 0.130. The van der Waals surface area contributed by atoms with E-state index in [-0.39, 0.29) is 18.4 Å². The van der Waals surface area contributed by atoms with Crippen molar-refractivity contribution in [1.82, 2.24) is 5.43 Å². The molecular formula is C24H22BrN3O4. The van der Waals surface area contributed by atoms with Gasteiger partial charge in [0.25, 0.3) is 5.91 Å². The van der Waals surface area contributed by atoms with E-state index in [9.17, 15) is 9.59 Å². The first-order chi connectivity index (χ1) is 15.4. The molecule has 0 saturated heterocycles. The van der Waals surface area contributed by atoms with Crippen molar-refractivity contribution in [3.63, 3.8) is 0 Å². The number of carbonyl (C=O) groups is 2. The molecule has 3 rings (SSSR count). The summed E-state index contributed by atoms with van der Waals surface area (Å²) in [5.74, 6) is 0.897. The fraction of sp³-hybridized carbons (Fsp3) is 0.125. The Kier molecular flexibility index (Phi) is 7.99. The van der Waals surface area contributed by atoms with Gasteiger partial charge in [-0.3, -0.25) is 9.59 Å². The number of carbonyl (C=O) groups excluding carboxylic acids is 2. The zero-order valence-corrected chi connectivity index (χ0v) is 19.2. The van der Waals surface area contributed by atoms with Gasteiger partial charge in [-0.2, -0.15) is 5.10 Å². The molecule has 3 aromatic carbocycles. The van der Waals surface area contributed by atoms with Crippen LogP contribution in [-0.4, -0.2) is 25.1 Å². The molecule has 8 heteroatoms. The van der Waals surface area contributed by atoms with Gasteiger partial charge in [0.05, 0.1) is 13.3 Å². The van der Waals surface area contributed by atoms with E-state index in [0.29, 0.717) is 22.7 Å². The number of nitrogens with zero attached hydrogens (tertiary/aromatic N) is 1. The van der Waals surface area contributed by atoms with E-state index in [0.717, 1.165) is 15.6 Å². The minimum Gasteiger partial charge on any atom is -0.496 e. The van der Waals surface area contributed by atoms with Crippen LogP contribution in [0.3, 0.4) is 0 Å². The summed E-state index contributed by atoms with van der Waals surface area (Å²) in [5.41, 5.74) is 5.32. The third-order valence-electron chi connectivity index (χ3n) is 4.34. The fourth-order valence-electron chi connectivity index (χ4n) is 2.85. The van der Waals surface area contributed by atoms with Crippen LogP contribution in [-0.2, 0) is 11.4 Å². The molecule has 7 nitrogen and oxygen atoms in total. The second-order valence-corrected chi connectivity index (χ2v) is 7.69. The molecule has 0 saturated carbocycles. The topological polar surface area (TPSA) is 89.0 Å². The van der Waals surface area contributed by atoms with Gasteiger partial charge in [0, 0.05) is 28.2 Å². The standard InChI is InChI=1S/C24H22BrN3O4/c1-16(29)27-21-7-9-22(10-8-21)32-15-19-12-17(6-11-23(19)31-2)14-26-28-24(30)18-4-3-5-20(25)13-18/h3-14H,15H2,1-2H3,(H,27,29)(H,28,30)/b26-14-. The molecule has 2 N–H and O–H groups in total. The van der Waals surface area contributed by atoms with E-state index in [2.05, 4.69) is 31.8 Å². The lowest BCUT2D eigenvalue weighted by Crippen LogP contribution is -2.17. The van der Waals surface area contributed by atoms with Gasteiger partial charge in [-0.15, -0.1) is 0 Å². The van der Waals surface area contributed by atoms with Gasteiger partial charge < -0.3 is 14.8 Å². The summed E-state index contributed by atoms with van der Waals surface area (Å²) >= 11 is 3.34. The van der Waals surface area contributed by atoms with Crippen LogP contribution >= 0.6 is 15.9 Å². The molecule has 0 aliphatic carbocycles. The van der Waals surface area contributed by atoms with E-state index >= 15 is 0 Å². The number of hydrogen-bond donors (Lipinski definition) is 2. The van der Waals surface area contributed by atoms with Crippen LogP contribution in [0, 0.1) is 0 Å². The van der Waals surface area contributed by atoms with Crippen LogP contribution in [0.15, 0.2) is 76.3 Å². The highest BCUT2D eigenvalue weighted by Gasteiger charge is 2.07. The summed E-state index contributed by atoms with van der Waals surface area (Å²) in [5, 5.41) is 6.75. The normalized spacial score (nSPS) is 10.6. The first-order valence-corrected chi connectivity index (χ1v) is 10.5. The molecule has 164 valence electrons. The Labute approximate surface area is 194 Å². The Hall–Kier alpha value is -3.65. The van der Waals surface area contributed by atoms with Crippen LogP contribution in [0.25, 0.3) is 0 Å². The number of nitrogens with one attached hydrogen (secondary N) is 2. The van der Waals surface area contributed by atoms with Gasteiger partial charge in [-0.1, -0.05) is 22.0 Å². The summed E-state index contributed by atoms with van der Waals surface area (Å²) in [4.78, 5) is 23.3. The van der Waals surface area contributed by atoms with Gasteiger partial charge in [-0.25, -0.2) is 5.43 Å². The number of anilines is 1. The average molecular weight is 496 g/mol. The quantitative estimate of drug-likeness (QED) is 0.348. The molecule has 0 radical (unpaired) electrons. The van der Waals surface area contributed by atoms with Crippen LogP contribution in [0.4, 0.5) is 5.69 Å². The molecule has 2 amide bonds. The Morgan fingerprint density at radius 2 is 1.84 bits per heavy atom. The first kappa shape index (κ1) is 23.0. The van der Waals surface area contributed by atoms with E-state index in [1.54, 1.807) is 55.8 Å². The average Bonchev–Trinajstić information content (AvgIpc) is 2.78. The molecule has 0 aromatic heterocycles. The lowest BCUT2D eigenvalue weighted by Gasteiger charge is -2.12. The Bertz CT molecular complexity index is 1130. The molecule has 0 aliphatic heterocycles. The number of hydrazone groups is 1. The van der Waals surface area contributed by atoms with Crippen molar-refractivity contribution in [3.05, 3.63) is 87.9 Å². The Morgan fingerprint density at radius 1 is 1.06 bits per heavy atom. The number of rotatable bonds is 8. The van der Waals surface area contributed by atoms with E-state index in [4.69, 9.17) is 9.47 Å². The maximum Gasteiger partial charge on any atom is 0.271 e. The number of methoxy groups -OCH3 is 1. The van der Waals surface area contributed by atoms with Gasteiger partial charge in [0.1, 0.15) is 18.1 Å². The molecular weight excluding hydrogens is 474 g/mol. The van der Waals surface area contributed by atoms with Crippen molar-refractivity contribution in [2.45, 2.75) is 13.5 Å². The lowest BCUT2D eigenvalue weighted by atomic mass is 10.1. The van der Waals surface area contributed by atoms with Crippen LogP contribution in [0.1, 0.15) is 28.4 Å². The zero-order valence-electron chi connectivity index (χ0n) is 17.6. The molecule has 32 heavy (non-hydrogen) atoms. The predicted molar refractivity (Wildman–Crippen MR) is 127 cm³/mol. The van der Waals surface area contributed by atoms with Crippen molar-refractivity contribution in [2.24, 2.45) is 5.10 Å². The van der Waals surface area contributed by atoms with Crippen LogP contribution in [0.2, 0.25) is 0 Å². The highest BCUT2D eigenvalue weighted by Crippen LogP contribution is 2.23. The van der Waals surface area contributed by atoms with Crippen LogP contribution in [0.5, 0.6) is 11.5 Å². The second kappa shape index (κ2) is 11.1. The molecule has 3 aromatic rings. The van der Waals surface area contributed by atoms with Crippen molar-refractivity contribution < 1.29 is 19.1 Å². The highest BCUT2D eigenvalue weighted by molar-refractivity contribution is 9.10. The molecule has 0 atom stereocenters. The lowest BCUT2D eigenvalue weighted by molar-refractivity contribution is -0.114. The summed E-state index contributed by atoms with van der Waals surface area (Å²) in [6, 6.07) is 19.7. The van der Waals surface area contributed by atoms with Crippen molar-refractivity contribution in [2.75, 3.05) is 12.4 Å². The van der Waals surface area contributed by atoms with Crippen molar-refractivity contribution in [1.29, 1.82) is 0 Å². The maximum atomic E-state index is 12.2. The number of halogens is 1. The largest absolute Gasteiger partial charge is 0.496 e. The van der Waals surface area contributed by atoms with Gasteiger partial charge >= 0.3 is 0 Å². The van der Waals surface area contributed by atoms with E-state index in [1.165, 1.54) is 6.92 Å². The SMILES string of the molecule is COc1ccc(/C=N\NC(=O)c2cccc(Br)c2)cc1COc1ccc(NC(C)=O)cc1. The van der Waals surface area contributed by atoms with Gasteiger partial charge in [0.15, 0.2) is 0 Å². The summed E-state index contributed by atoms with van der Waals surface area (Å²) in [7, 11) is 1.59. The smallest absolute Gasteiger partial charge is 0.271 e. The highest BCUT2D eigenvalue weighted by atomic mass is 79.9. The summed E-state index contributed by atoms with van der Waals surface area (Å²) in [6.45, 7) is 1.73. The number of benzene rings is 3. The monoisotopic (exact) mass is 495 g/mol. The first-order valence-electron chi connectivity index (χ1n) is 9.71. The van der Waals surface area contributed by atoms with E-state index in [1.807, 2.05) is 24.3 Å². The second-order valence-electron chi connectivity index (χ2n) is 6.77. The van der Waals surface area contributed by atoms with Crippen LogP contribution < -0.4 is 20.2 Å². The molecule has 0 aliphatic rings. The van der Waals surface area contributed by atoms with Gasteiger partial charge in [0.2, 0.25) is 5.91 Å². The molecule has 0 heterocycles. The third-order valence-corrected chi connectivity index (χ3v) is 4.83. The molecule has 0 fully saturated rings. The summed E-state index contributed by atoms with van der Waals surface area (Å²) < 4.78 is 12.1. The maximum absolute atomic E-state index is 12.2. The number of amides is 2. The Morgan fingerprint density at radius 3 is 2.53 bits per heavy atom. The zero-order chi connectivity index (χ0) is 22.9. The fourth-order valence-corrected chi connectivity index (χ4v) is 3.25. The Balaban J connectivity index is 1.64. The predicted octanol–water partition coefficient (Wildman–Crippen LogP) is 4.76. The summed E-state index contributed by atoms with van der Waals surface area (Å²) in [6.07, 6.45) is 1.56. The van der Waals surface area contributed by atoms with Crippen molar-refractivity contribution in [3.8, 4) is 11.5 Å². The number of ether oxygens (including phenoxy) is 2. The molecule has 0 bridgehead atoms.